The highest BCUT2D eigenvalue weighted by molar-refractivity contribution is 6.35. The van der Waals surface area contributed by atoms with Crippen molar-refractivity contribution in [3.8, 4) is 0 Å². The van der Waals surface area contributed by atoms with E-state index >= 15 is 0 Å². The molecule has 0 radical (unpaired) electrons. The number of H-pyrrole nitrogens is 1. The molecule has 2 aromatic rings. The van der Waals surface area contributed by atoms with Crippen LogP contribution >= 0.6 is 11.6 Å². The molecule has 1 heterocycles. The van der Waals surface area contributed by atoms with E-state index in [1.165, 1.54) is 12.0 Å². The Morgan fingerprint density at radius 1 is 1.33 bits per heavy atom. The van der Waals surface area contributed by atoms with Crippen LogP contribution in [0.25, 0.3) is 10.9 Å². The lowest BCUT2D eigenvalue weighted by Crippen LogP contribution is -2.43. The van der Waals surface area contributed by atoms with Gasteiger partial charge in [0.2, 0.25) is 0 Å². The fourth-order valence-electron chi connectivity index (χ4n) is 2.25. The van der Waals surface area contributed by atoms with Gasteiger partial charge in [-0.2, -0.15) is 0 Å². The van der Waals surface area contributed by atoms with Crippen LogP contribution in [0.5, 0.6) is 0 Å². The zero-order valence-electron chi connectivity index (χ0n) is 8.39. The van der Waals surface area contributed by atoms with Gasteiger partial charge < -0.3 is 10.7 Å². The first-order valence-electron chi connectivity index (χ1n) is 5.25. The van der Waals surface area contributed by atoms with E-state index < -0.39 is 0 Å². The smallest absolute Gasteiger partial charge is 0.0659 e. The van der Waals surface area contributed by atoms with Gasteiger partial charge in [0.1, 0.15) is 0 Å². The van der Waals surface area contributed by atoms with Crippen LogP contribution in [0, 0.1) is 0 Å². The van der Waals surface area contributed by atoms with Gasteiger partial charge >= 0.3 is 0 Å². The highest BCUT2D eigenvalue weighted by atomic mass is 35.5. The Morgan fingerprint density at radius 3 is 2.80 bits per heavy atom. The van der Waals surface area contributed by atoms with Crippen molar-refractivity contribution < 1.29 is 0 Å². The van der Waals surface area contributed by atoms with E-state index in [2.05, 4.69) is 23.2 Å². The molecule has 0 bridgehead atoms. The van der Waals surface area contributed by atoms with Crippen molar-refractivity contribution in [1.29, 1.82) is 0 Å². The van der Waals surface area contributed by atoms with Crippen molar-refractivity contribution in [3.63, 3.8) is 0 Å². The SMILES string of the molecule is NC1(c2ccc3c(Cl)c[nH]c3c2)CCC1. The summed E-state index contributed by atoms with van der Waals surface area (Å²) in [6.45, 7) is 0. The molecule has 1 fully saturated rings. The predicted molar refractivity (Wildman–Crippen MR) is 63.0 cm³/mol. The van der Waals surface area contributed by atoms with Crippen LogP contribution in [0.15, 0.2) is 24.4 Å². The third kappa shape index (κ3) is 1.29. The van der Waals surface area contributed by atoms with Gasteiger partial charge in [-0.1, -0.05) is 23.7 Å². The van der Waals surface area contributed by atoms with Crippen LogP contribution in [-0.2, 0) is 5.54 Å². The van der Waals surface area contributed by atoms with E-state index in [1.807, 2.05) is 6.20 Å². The molecule has 1 aromatic heterocycles. The minimum Gasteiger partial charge on any atom is -0.360 e. The molecule has 1 saturated carbocycles. The summed E-state index contributed by atoms with van der Waals surface area (Å²) < 4.78 is 0. The lowest BCUT2D eigenvalue weighted by Gasteiger charge is -2.38. The summed E-state index contributed by atoms with van der Waals surface area (Å²) in [5.74, 6) is 0. The van der Waals surface area contributed by atoms with Gasteiger partial charge in [-0.3, -0.25) is 0 Å². The number of aromatic nitrogens is 1. The zero-order chi connectivity index (χ0) is 10.5. The predicted octanol–water partition coefficient (Wildman–Crippen LogP) is 3.16. The number of hydrogen-bond donors (Lipinski definition) is 2. The number of fused-ring (bicyclic) bond motifs is 1. The van der Waals surface area contributed by atoms with E-state index in [9.17, 15) is 0 Å². The first-order chi connectivity index (χ1) is 7.19. The average Bonchev–Trinajstić information content (AvgIpc) is 2.56. The standard InChI is InChI=1S/C12H13ClN2/c13-10-7-15-11-6-8(2-3-9(10)11)12(14)4-1-5-12/h2-3,6-7,15H,1,4-5,14H2. The number of benzene rings is 1. The average molecular weight is 221 g/mol. The Morgan fingerprint density at radius 2 is 2.13 bits per heavy atom. The maximum Gasteiger partial charge on any atom is 0.0659 e. The second-order valence-electron chi connectivity index (χ2n) is 4.41. The number of nitrogens with one attached hydrogen (secondary N) is 1. The Bertz CT molecular complexity index is 511. The van der Waals surface area contributed by atoms with Crippen molar-refractivity contribution in [1.82, 2.24) is 4.98 Å². The molecule has 0 aliphatic heterocycles. The van der Waals surface area contributed by atoms with E-state index in [0.29, 0.717) is 0 Å². The Hall–Kier alpha value is -0.990. The van der Waals surface area contributed by atoms with E-state index in [4.69, 9.17) is 17.3 Å². The molecule has 78 valence electrons. The van der Waals surface area contributed by atoms with Gasteiger partial charge in [0.05, 0.1) is 5.02 Å². The second-order valence-corrected chi connectivity index (χ2v) is 4.81. The summed E-state index contributed by atoms with van der Waals surface area (Å²) >= 11 is 6.02. The fraction of sp³-hybridized carbons (Fsp3) is 0.333. The molecule has 0 unspecified atom stereocenters. The van der Waals surface area contributed by atoms with Crippen molar-refractivity contribution in [3.05, 3.63) is 35.0 Å². The van der Waals surface area contributed by atoms with E-state index in [0.717, 1.165) is 28.8 Å². The van der Waals surface area contributed by atoms with Gasteiger partial charge in [-0.25, -0.2) is 0 Å². The summed E-state index contributed by atoms with van der Waals surface area (Å²) in [5, 5.41) is 1.85. The number of aromatic amines is 1. The molecule has 3 N–H and O–H groups in total. The summed E-state index contributed by atoms with van der Waals surface area (Å²) in [4.78, 5) is 3.16. The first-order valence-corrected chi connectivity index (χ1v) is 5.63. The molecule has 1 aromatic carbocycles. The third-order valence-corrected chi connectivity index (χ3v) is 3.76. The molecule has 0 atom stereocenters. The molecule has 15 heavy (non-hydrogen) atoms. The van der Waals surface area contributed by atoms with Gasteiger partial charge in [-0.05, 0) is 30.9 Å². The van der Waals surface area contributed by atoms with Crippen LogP contribution in [0.1, 0.15) is 24.8 Å². The van der Waals surface area contributed by atoms with Crippen LogP contribution < -0.4 is 5.73 Å². The van der Waals surface area contributed by atoms with Crippen molar-refractivity contribution in [2.24, 2.45) is 5.73 Å². The second kappa shape index (κ2) is 3.00. The molecule has 3 rings (SSSR count). The highest BCUT2D eigenvalue weighted by Crippen LogP contribution is 2.39. The van der Waals surface area contributed by atoms with E-state index in [-0.39, 0.29) is 5.54 Å². The molecule has 0 saturated heterocycles. The molecular weight excluding hydrogens is 208 g/mol. The lowest BCUT2D eigenvalue weighted by atomic mass is 9.73. The lowest BCUT2D eigenvalue weighted by molar-refractivity contribution is 0.254. The van der Waals surface area contributed by atoms with Crippen LogP contribution in [0.3, 0.4) is 0 Å². The van der Waals surface area contributed by atoms with Gasteiger partial charge in [0.15, 0.2) is 0 Å². The minimum atomic E-state index is -0.0915. The molecule has 1 aliphatic rings. The summed E-state index contributed by atoms with van der Waals surface area (Å²) in [5.41, 5.74) is 8.48. The number of hydrogen-bond acceptors (Lipinski definition) is 1. The minimum absolute atomic E-state index is 0.0915. The van der Waals surface area contributed by atoms with Crippen LogP contribution in [0.4, 0.5) is 0 Å². The Labute approximate surface area is 93.4 Å². The first kappa shape index (κ1) is 9.25. The zero-order valence-corrected chi connectivity index (χ0v) is 9.14. The van der Waals surface area contributed by atoms with Crippen molar-refractivity contribution in [2.45, 2.75) is 24.8 Å². The van der Waals surface area contributed by atoms with Gasteiger partial charge in [0, 0.05) is 22.6 Å². The molecule has 1 aliphatic carbocycles. The third-order valence-electron chi connectivity index (χ3n) is 3.45. The van der Waals surface area contributed by atoms with Crippen LogP contribution in [0.2, 0.25) is 5.02 Å². The maximum atomic E-state index is 6.28. The summed E-state index contributed by atoms with van der Waals surface area (Å²) in [7, 11) is 0. The monoisotopic (exact) mass is 220 g/mol. The fourth-order valence-corrected chi connectivity index (χ4v) is 2.47. The van der Waals surface area contributed by atoms with E-state index in [1.54, 1.807) is 0 Å². The van der Waals surface area contributed by atoms with Crippen molar-refractivity contribution in [2.75, 3.05) is 0 Å². The topological polar surface area (TPSA) is 41.8 Å². The largest absolute Gasteiger partial charge is 0.360 e. The highest BCUT2D eigenvalue weighted by Gasteiger charge is 2.34. The Kier molecular flexibility index (Phi) is 1.85. The van der Waals surface area contributed by atoms with Crippen LogP contribution in [-0.4, -0.2) is 4.98 Å². The van der Waals surface area contributed by atoms with Gasteiger partial charge in [0.25, 0.3) is 0 Å². The molecular formula is C12H13ClN2. The molecule has 2 nitrogen and oxygen atoms in total. The maximum absolute atomic E-state index is 6.28. The molecule has 3 heteroatoms. The summed E-state index contributed by atoms with van der Waals surface area (Å²) in [6, 6.07) is 6.28. The normalized spacial score (nSPS) is 19.1. The number of halogens is 1. The quantitative estimate of drug-likeness (QED) is 0.762. The van der Waals surface area contributed by atoms with Crippen molar-refractivity contribution >= 4 is 22.5 Å². The number of nitrogens with two attached hydrogens (primary N) is 1. The molecule has 0 amide bonds. The molecule has 0 spiro atoms. The number of rotatable bonds is 1. The Balaban J connectivity index is 2.14. The van der Waals surface area contributed by atoms with Gasteiger partial charge in [-0.15, -0.1) is 0 Å². The summed E-state index contributed by atoms with van der Waals surface area (Å²) in [6.07, 6.45) is 5.24.